The quantitative estimate of drug-likeness (QED) is 0.710. The molecule has 0 aliphatic rings. The number of aliphatic carboxylic acids is 1. The molecule has 0 aliphatic carbocycles. The van der Waals surface area contributed by atoms with Crippen LogP contribution < -0.4 is 4.72 Å². The third-order valence-corrected chi connectivity index (χ3v) is 6.53. The molecule has 0 aromatic heterocycles. The first-order valence-electron chi connectivity index (χ1n) is 6.25. The zero-order chi connectivity index (χ0) is 17.1. The van der Waals surface area contributed by atoms with Crippen molar-refractivity contribution in [1.29, 1.82) is 0 Å². The van der Waals surface area contributed by atoms with Gasteiger partial charge in [-0.25, -0.2) is 25.9 Å². The molecule has 1 aromatic rings. The van der Waals surface area contributed by atoms with Crippen molar-refractivity contribution in [3.63, 3.8) is 0 Å². The molecule has 1 rings (SSSR count). The van der Waals surface area contributed by atoms with Crippen LogP contribution >= 0.6 is 0 Å². The molecule has 8 nitrogen and oxygen atoms in total. The van der Waals surface area contributed by atoms with Crippen molar-refractivity contribution in [2.75, 3.05) is 20.6 Å². The third kappa shape index (κ3) is 3.83. The molecule has 0 fully saturated rings. The molecule has 10 heteroatoms. The van der Waals surface area contributed by atoms with Crippen LogP contribution in [0.2, 0.25) is 0 Å². The Kier molecular flexibility index (Phi) is 5.68. The van der Waals surface area contributed by atoms with E-state index in [1.807, 2.05) is 0 Å². The van der Waals surface area contributed by atoms with Crippen molar-refractivity contribution in [3.05, 3.63) is 24.3 Å². The van der Waals surface area contributed by atoms with Gasteiger partial charge in [-0.15, -0.1) is 0 Å². The van der Waals surface area contributed by atoms with E-state index in [0.717, 1.165) is 4.31 Å². The first-order chi connectivity index (χ1) is 10.0. The van der Waals surface area contributed by atoms with Crippen LogP contribution in [0.1, 0.15) is 6.92 Å². The van der Waals surface area contributed by atoms with E-state index in [4.69, 9.17) is 5.11 Å². The highest BCUT2D eigenvalue weighted by atomic mass is 32.2. The molecule has 124 valence electrons. The highest BCUT2D eigenvalue weighted by Crippen LogP contribution is 2.23. The lowest BCUT2D eigenvalue weighted by Gasteiger charge is -2.20. The molecule has 0 heterocycles. The second kappa shape index (κ2) is 6.73. The van der Waals surface area contributed by atoms with E-state index in [9.17, 15) is 21.6 Å². The number of nitrogens with zero attached hydrogens (tertiary/aromatic N) is 1. The van der Waals surface area contributed by atoms with Gasteiger partial charge in [-0.2, -0.15) is 0 Å². The van der Waals surface area contributed by atoms with E-state index in [1.54, 1.807) is 0 Å². The number of rotatable bonds is 7. The average Bonchev–Trinajstić information content (AvgIpc) is 2.46. The van der Waals surface area contributed by atoms with Gasteiger partial charge in [0.15, 0.2) is 0 Å². The molecule has 0 bridgehead atoms. The summed E-state index contributed by atoms with van der Waals surface area (Å²) in [5.74, 6) is -2.06. The largest absolute Gasteiger partial charge is 0.481 e. The molecule has 0 spiro atoms. The van der Waals surface area contributed by atoms with Gasteiger partial charge < -0.3 is 5.11 Å². The molecule has 1 aromatic carbocycles. The van der Waals surface area contributed by atoms with Crippen LogP contribution in [0.4, 0.5) is 0 Å². The Morgan fingerprint density at radius 2 is 1.73 bits per heavy atom. The predicted molar refractivity (Wildman–Crippen MR) is 79.3 cm³/mol. The summed E-state index contributed by atoms with van der Waals surface area (Å²) in [7, 11) is -5.72. The van der Waals surface area contributed by atoms with Gasteiger partial charge >= 0.3 is 5.97 Å². The van der Waals surface area contributed by atoms with Gasteiger partial charge in [-0.05, 0) is 19.2 Å². The Bertz CT molecular complexity index is 758. The fourth-order valence-electron chi connectivity index (χ4n) is 1.73. The van der Waals surface area contributed by atoms with Gasteiger partial charge in [0, 0.05) is 13.6 Å². The Hall–Kier alpha value is -1.49. The van der Waals surface area contributed by atoms with E-state index in [-0.39, 0.29) is 11.4 Å². The standard InChI is InChI=1S/C12H18N2O6S2/c1-9(12(15)16)8-14(3)22(19,20)11-7-5-4-6-10(11)21(17,18)13-2/h4-7,9,13H,8H2,1-3H3,(H,15,16). The Balaban J connectivity index is 3.33. The van der Waals surface area contributed by atoms with Crippen molar-refractivity contribution < 1.29 is 26.7 Å². The van der Waals surface area contributed by atoms with E-state index in [0.29, 0.717) is 0 Å². The Morgan fingerprint density at radius 1 is 1.23 bits per heavy atom. The number of carboxylic acid groups (broad SMARTS) is 1. The van der Waals surface area contributed by atoms with Gasteiger partial charge in [0.05, 0.1) is 5.92 Å². The maximum atomic E-state index is 12.5. The van der Waals surface area contributed by atoms with Gasteiger partial charge in [0.1, 0.15) is 9.79 Å². The molecule has 0 saturated heterocycles. The maximum absolute atomic E-state index is 12.5. The SMILES string of the molecule is CNS(=O)(=O)c1ccccc1S(=O)(=O)N(C)CC(C)C(=O)O. The van der Waals surface area contributed by atoms with Crippen LogP contribution in [0.3, 0.4) is 0 Å². The lowest BCUT2D eigenvalue weighted by Crippen LogP contribution is -2.35. The van der Waals surface area contributed by atoms with Crippen molar-refractivity contribution in [3.8, 4) is 0 Å². The summed E-state index contributed by atoms with van der Waals surface area (Å²) in [5, 5.41) is 8.86. The van der Waals surface area contributed by atoms with E-state index < -0.39 is 36.8 Å². The smallest absolute Gasteiger partial charge is 0.307 e. The Morgan fingerprint density at radius 3 is 2.18 bits per heavy atom. The van der Waals surface area contributed by atoms with E-state index in [2.05, 4.69) is 4.72 Å². The lowest BCUT2D eigenvalue weighted by atomic mass is 10.2. The topological polar surface area (TPSA) is 121 Å². The summed E-state index contributed by atoms with van der Waals surface area (Å²) >= 11 is 0. The average molecular weight is 350 g/mol. The second-order valence-electron chi connectivity index (χ2n) is 4.68. The summed E-state index contributed by atoms with van der Waals surface area (Å²) in [4.78, 5) is 10.1. The number of hydrogen-bond donors (Lipinski definition) is 2. The summed E-state index contributed by atoms with van der Waals surface area (Å²) in [6.45, 7) is 1.09. The normalized spacial score (nSPS) is 14.0. The first kappa shape index (κ1) is 18.6. The molecular formula is C12H18N2O6S2. The minimum absolute atomic E-state index is 0.272. The summed E-state index contributed by atoms with van der Waals surface area (Å²) in [6.07, 6.45) is 0. The number of carbonyl (C=O) groups is 1. The van der Waals surface area contributed by atoms with Gasteiger partial charge in [0.25, 0.3) is 0 Å². The summed E-state index contributed by atoms with van der Waals surface area (Å²) in [5.41, 5.74) is 0. The van der Waals surface area contributed by atoms with Crippen LogP contribution in [0.25, 0.3) is 0 Å². The van der Waals surface area contributed by atoms with Crippen molar-refractivity contribution in [2.45, 2.75) is 16.7 Å². The number of nitrogens with one attached hydrogen (secondary N) is 1. The van der Waals surface area contributed by atoms with Crippen LogP contribution in [-0.2, 0) is 24.8 Å². The second-order valence-corrected chi connectivity index (χ2v) is 8.55. The molecule has 0 saturated carbocycles. The predicted octanol–water partition coefficient (Wildman–Crippen LogP) is -0.0641. The van der Waals surface area contributed by atoms with Gasteiger partial charge in [-0.3, -0.25) is 4.79 Å². The van der Waals surface area contributed by atoms with Gasteiger partial charge in [-0.1, -0.05) is 19.1 Å². The number of sulfonamides is 2. The minimum Gasteiger partial charge on any atom is -0.481 e. The van der Waals surface area contributed by atoms with E-state index in [1.165, 1.54) is 45.3 Å². The zero-order valence-electron chi connectivity index (χ0n) is 12.3. The fraction of sp³-hybridized carbons (Fsp3) is 0.417. The van der Waals surface area contributed by atoms with Crippen molar-refractivity contribution >= 4 is 26.0 Å². The van der Waals surface area contributed by atoms with E-state index >= 15 is 0 Å². The zero-order valence-corrected chi connectivity index (χ0v) is 14.0. The Labute approximate surface area is 129 Å². The molecule has 22 heavy (non-hydrogen) atoms. The molecule has 0 aliphatic heterocycles. The molecule has 0 radical (unpaired) electrons. The highest BCUT2D eigenvalue weighted by molar-refractivity contribution is 7.92. The van der Waals surface area contributed by atoms with Crippen molar-refractivity contribution in [2.24, 2.45) is 5.92 Å². The first-order valence-corrected chi connectivity index (χ1v) is 9.18. The van der Waals surface area contributed by atoms with Crippen LogP contribution in [0.15, 0.2) is 34.1 Å². The monoisotopic (exact) mass is 350 g/mol. The number of carboxylic acids is 1. The molecular weight excluding hydrogens is 332 g/mol. The molecule has 0 amide bonds. The maximum Gasteiger partial charge on any atom is 0.307 e. The molecule has 1 unspecified atom stereocenters. The highest BCUT2D eigenvalue weighted by Gasteiger charge is 2.30. The molecule has 1 atom stereocenters. The number of benzene rings is 1. The fourth-order valence-corrected chi connectivity index (χ4v) is 4.51. The number of hydrogen-bond acceptors (Lipinski definition) is 5. The van der Waals surface area contributed by atoms with Gasteiger partial charge in [0.2, 0.25) is 20.0 Å². The minimum atomic E-state index is -4.14. The van der Waals surface area contributed by atoms with Crippen molar-refractivity contribution in [1.82, 2.24) is 9.03 Å². The third-order valence-electron chi connectivity index (χ3n) is 3.05. The lowest BCUT2D eigenvalue weighted by molar-refractivity contribution is -0.141. The summed E-state index contributed by atoms with van der Waals surface area (Å²) in [6, 6.07) is 5.15. The summed E-state index contributed by atoms with van der Waals surface area (Å²) < 4.78 is 51.8. The van der Waals surface area contributed by atoms with Crippen LogP contribution in [0, 0.1) is 5.92 Å². The van der Waals surface area contributed by atoms with Crippen LogP contribution in [-0.4, -0.2) is 52.9 Å². The van der Waals surface area contributed by atoms with Crippen LogP contribution in [0.5, 0.6) is 0 Å². The molecule has 2 N–H and O–H groups in total.